The van der Waals surface area contributed by atoms with Gasteiger partial charge in [0.2, 0.25) is 0 Å². The lowest BCUT2D eigenvalue weighted by atomic mass is 9.93. The van der Waals surface area contributed by atoms with E-state index in [0.29, 0.717) is 4.90 Å². The lowest BCUT2D eigenvalue weighted by Gasteiger charge is -2.21. The molecule has 1 unspecified atom stereocenters. The predicted molar refractivity (Wildman–Crippen MR) is 122 cm³/mol. The van der Waals surface area contributed by atoms with Gasteiger partial charge in [-0.1, -0.05) is 63.6 Å². The molecule has 0 spiro atoms. The van der Waals surface area contributed by atoms with Crippen LogP contribution in [0, 0.1) is 6.92 Å². The zero-order valence-electron chi connectivity index (χ0n) is 18.4. The van der Waals surface area contributed by atoms with Crippen molar-refractivity contribution in [1.29, 1.82) is 0 Å². The van der Waals surface area contributed by atoms with Crippen molar-refractivity contribution in [2.24, 2.45) is 4.36 Å². The molecule has 0 saturated carbocycles. The SMILES string of the molecule is Cc1ccc(S(=O)(=NC(C)C)NC(=O)Nc2c(C(C)C)cccc2C(C)C)cc1. The minimum absolute atomic E-state index is 0.196. The number of nitrogens with zero attached hydrogens (tertiary/aromatic N) is 1. The molecule has 0 fully saturated rings. The summed E-state index contributed by atoms with van der Waals surface area (Å²) in [4.78, 5) is 13.4. The van der Waals surface area contributed by atoms with E-state index in [1.165, 1.54) is 0 Å². The Morgan fingerprint density at radius 2 is 1.41 bits per heavy atom. The van der Waals surface area contributed by atoms with Crippen LogP contribution < -0.4 is 10.0 Å². The van der Waals surface area contributed by atoms with Crippen molar-refractivity contribution < 1.29 is 9.00 Å². The number of amides is 2. The lowest BCUT2D eigenvalue weighted by molar-refractivity contribution is 0.256. The molecule has 0 radical (unpaired) electrons. The monoisotopic (exact) mass is 415 g/mol. The highest BCUT2D eigenvalue weighted by atomic mass is 32.2. The Balaban J connectivity index is 2.42. The van der Waals surface area contributed by atoms with Crippen molar-refractivity contribution in [3.63, 3.8) is 0 Å². The van der Waals surface area contributed by atoms with E-state index in [1.54, 1.807) is 12.1 Å². The summed E-state index contributed by atoms with van der Waals surface area (Å²) in [6.07, 6.45) is 0. The van der Waals surface area contributed by atoms with E-state index >= 15 is 0 Å². The first kappa shape index (κ1) is 22.9. The van der Waals surface area contributed by atoms with E-state index in [0.717, 1.165) is 22.4 Å². The van der Waals surface area contributed by atoms with Gasteiger partial charge < -0.3 is 5.32 Å². The molecule has 29 heavy (non-hydrogen) atoms. The van der Waals surface area contributed by atoms with Crippen LogP contribution in [0.5, 0.6) is 0 Å². The summed E-state index contributed by atoms with van der Waals surface area (Å²) in [7, 11) is -3.11. The van der Waals surface area contributed by atoms with Gasteiger partial charge in [-0.3, -0.25) is 0 Å². The van der Waals surface area contributed by atoms with Crippen molar-refractivity contribution in [1.82, 2.24) is 4.72 Å². The number of carbonyl (C=O) groups excluding carboxylic acids is 1. The van der Waals surface area contributed by atoms with Crippen molar-refractivity contribution in [3.8, 4) is 0 Å². The average Bonchev–Trinajstić information content (AvgIpc) is 2.60. The first-order valence-electron chi connectivity index (χ1n) is 10.1. The number of hydrogen-bond acceptors (Lipinski definition) is 3. The maximum absolute atomic E-state index is 13.6. The molecule has 0 saturated heterocycles. The van der Waals surface area contributed by atoms with Gasteiger partial charge in [-0.25, -0.2) is 18.1 Å². The Labute approximate surface area is 175 Å². The summed E-state index contributed by atoms with van der Waals surface area (Å²) in [5, 5.41) is 2.96. The van der Waals surface area contributed by atoms with Crippen molar-refractivity contribution in [2.45, 2.75) is 71.2 Å². The Bertz CT molecular complexity index is 944. The summed E-state index contributed by atoms with van der Waals surface area (Å²) in [5.74, 6) is 0.483. The molecule has 0 aliphatic rings. The van der Waals surface area contributed by atoms with Crippen LogP contribution in [0.4, 0.5) is 10.5 Å². The minimum Gasteiger partial charge on any atom is -0.307 e. The quantitative estimate of drug-likeness (QED) is 0.588. The van der Waals surface area contributed by atoms with Gasteiger partial charge >= 0.3 is 6.03 Å². The van der Waals surface area contributed by atoms with E-state index in [1.807, 2.05) is 51.1 Å². The molecule has 6 heteroatoms. The molecular weight excluding hydrogens is 382 g/mol. The third kappa shape index (κ3) is 5.82. The van der Waals surface area contributed by atoms with Gasteiger partial charge in [-0.15, -0.1) is 0 Å². The van der Waals surface area contributed by atoms with E-state index in [9.17, 15) is 9.00 Å². The van der Waals surface area contributed by atoms with E-state index in [4.69, 9.17) is 0 Å². The molecule has 2 N–H and O–H groups in total. The molecule has 2 aromatic carbocycles. The van der Waals surface area contributed by atoms with Gasteiger partial charge in [0.15, 0.2) is 9.92 Å². The molecule has 2 amide bonds. The van der Waals surface area contributed by atoms with Crippen molar-refractivity contribution in [3.05, 3.63) is 59.2 Å². The molecule has 5 nitrogen and oxygen atoms in total. The Kier molecular flexibility index (Phi) is 7.47. The summed E-state index contributed by atoms with van der Waals surface area (Å²) in [5.41, 5.74) is 3.94. The van der Waals surface area contributed by atoms with Crippen molar-refractivity contribution in [2.75, 3.05) is 5.32 Å². The molecule has 158 valence electrons. The van der Waals surface area contributed by atoms with Gasteiger partial charge in [0.1, 0.15) is 0 Å². The maximum Gasteiger partial charge on any atom is 0.331 e. The lowest BCUT2D eigenvalue weighted by Crippen LogP contribution is -2.35. The molecule has 0 aliphatic carbocycles. The summed E-state index contributed by atoms with van der Waals surface area (Å²) in [6, 6.07) is 12.6. The summed E-state index contributed by atoms with van der Waals surface area (Å²) in [6.45, 7) is 14.0. The van der Waals surface area contributed by atoms with Crippen LogP contribution in [0.2, 0.25) is 0 Å². The van der Waals surface area contributed by atoms with Gasteiger partial charge in [0.25, 0.3) is 0 Å². The number of carbonyl (C=O) groups is 1. The molecule has 1 atom stereocenters. The summed E-state index contributed by atoms with van der Waals surface area (Å²) >= 11 is 0. The highest BCUT2D eigenvalue weighted by Gasteiger charge is 2.20. The molecule has 2 aromatic rings. The number of benzene rings is 2. The number of para-hydroxylation sites is 1. The third-order valence-corrected chi connectivity index (χ3v) is 6.63. The number of hydrogen-bond donors (Lipinski definition) is 2. The average molecular weight is 416 g/mol. The number of anilines is 1. The fourth-order valence-corrected chi connectivity index (χ4v) is 4.82. The topological polar surface area (TPSA) is 70.6 Å². The molecule has 0 aromatic heterocycles. The van der Waals surface area contributed by atoms with Crippen LogP contribution >= 0.6 is 0 Å². The maximum atomic E-state index is 13.6. The number of rotatable bonds is 6. The van der Waals surface area contributed by atoms with Crippen LogP contribution in [-0.4, -0.2) is 16.3 Å². The highest BCUT2D eigenvalue weighted by molar-refractivity contribution is 7.92. The zero-order valence-corrected chi connectivity index (χ0v) is 19.3. The normalized spacial score (nSPS) is 13.4. The molecular formula is C23H33N3O2S. The second kappa shape index (κ2) is 9.44. The van der Waals surface area contributed by atoms with E-state index < -0.39 is 15.9 Å². The largest absolute Gasteiger partial charge is 0.331 e. The van der Waals surface area contributed by atoms with Gasteiger partial charge in [-0.2, -0.15) is 0 Å². The van der Waals surface area contributed by atoms with Gasteiger partial charge in [0.05, 0.1) is 10.9 Å². The molecule has 0 bridgehead atoms. The Morgan fingerprint density at radius 1 is 0.897 bits per heavy atom. The number of nitrogens with one attached hydrogen (secondary N) is 2. The first-order valence-corrected chi connectivity index (χ1v) is 11.6. The second-order valence-corrected chi connectivity index (χ2v) is 10.2. The summed E-state index contributed by atoms with van der Waals surface area (Å²) < 4.78 is 20.6. The Morgan fingerprint density at radius 3 is 1.86 bits per heavy atom. The first-order chi connectivity index (χ1) is 13.5. The van der Waals surface area contributed by atoms with Crippen molar-refractivity contribution >= 4 is 21.6 Å². The van der Waals surface area contributed by atoms with Crippen LogP contribution in [0.1, 0.15) is 70.1 Å². The van der Waals surface area contributed by atoms with Crippen LogP contribution in [0.3, 0.4) is 0 Å². The van der Waals surface area contributed by atoms with Crippen LogP contribution in [-0.2, 0) is 9.92 Å². The van der Waals surface area contributed by atoms with E-state index in [2.05, 4.69) is 42.1 Å². The highest BCUT2D eigenvalue weighted by Crippen LogP contribution is 2.32. The number of urea groups is 1. The van der Waals surface area contributed by atoms with Crippen LogP contribution in [0.25, 0.3) is 0 Å². The predicted octanol–water partition coefficient (Wildman–Crippen LogP) is 6.21. The zero-order chi connectivity index (χ0) is 21.8. The third-order valence-electron chi connectivity index (χ3n) is 4.54. The number of aryl methyl sites for hydroxylation is 1. The van der Waals surface area contributed by atoms with Crippen LogP contribution in [0.15, 0.2) is 51.7 Å². The van der Waals surface area contributed by atoms with Gasteiger partial charge in [-0.05, 0) is 55.9 Å². The molecule has 0 aliphatic heterocycles. The van der Waals surface area contributed by atoms with E-state index in [-0.39, 0.29) is 17.9 Å². The smallest absolute Gasteiger partial charge is 0.307 e. The van der Waals surface area contributed by atoms with Gasteiger partial charge in [0, 0.05) is 5.69 Å². The fraction of sp³-hybridized carbons (Fsp3) is 0.435. The molecule has 2 rings (SSSR count). The molecule has 0 heterocycles. The fourth-order valence-electron chi connectivity index (χ4n) is 3.13. The Hall–Kier alpha value is -2.34. The minimum atomic E-state index is -3.11. The standard InChI is InChI=1S/C23H33N3O2S/c1-15(2)20-9-8-10-21(16(3)4)22(20)24-23(27)26-29(28,25-17(5)6)19-13-11-18(7)12-14-19/h8-17H,1-7H3,(H2,24,25,26,27,28). The second-order valence-electron chi connectivity index (χ2n) is 8.22.